The lowest BCUT2D eigenvalue weighted by atomic mass is 9.87. The Morgan fingerprint density at radius 3 is 1.80 bits per heavy atom. The predicted octanol–water partition coefficient (Wildman–Crippen LogP) is 2.03. The number of carbonyl (C=O) groups excluding carboxylic acids is 3. The molecule has 1 aliphatic heterocycles. The van der Waals surface area contributed by atoms with Gasteiger partial charge in [-0.3, -0.25) is 28.8 Å². The highest BCUT2D eigenvalue weighted by Crippen LogP contribution is 2.44. The van der Waals surface area contributed by atoms with Crippen LogP contribution >= 0.6 is 0 Å². The van der Waals surface area contributed by atoms with E-state index in [2.05, 4.69) is 0 Å². The van der Waals surface area contributed by atoms with E-state index in [4.69, 9.17) is 18.9 Å². The van der Waals surface area contributed by atoms with Crippen molar-refractivity contribution in [2.24, 2.45) is 0 Å². The van der Waals surface area contributed by atoms with Gasteiger partial charge in [-0.2, -0.15) is 0 Å². The van der Waals surface area contributed by atoms with Crippen LogP contribution in [0.2, 0.25) is 0 Å². The molecule has 1 heterocycles. The maximum atomic E-state index is 12.0. The second-order valence-corrected chi connectivity index (χ2v) is 9.01. The molecule has 2 aromatic rings. The first-order valence-electron chi connectivity index (χ1n) is 11.9. The Bertz CT molecular complexity index is 1350. The first-order valence-corrected chi connectivity index (χ1v) is 11.9. The monoisotopic (exact) mass is 558 g/mol. The second-order valence-electron chi connectivity index (χ2n) is 9.01. The number of ether oxygens (including phenoxy) is 4. The van der Waals surface area contributed by atoms with Gasteiger partial charge in [0.1, 0.15) is 23.4 Å². The minimum Gasteiger partial charge on any atom is -0.481 e. The van der Waals surface area contributed by atoms with Crippen LogP contribution in [0.15, 0.2) is 24.3 Å². The molecule has 0 aromatic heterocycles. The van der Waals surface area contributed by atoms with Crippen LogP contribution in [0.5, 0.6) is 17.2 Å². The number of fused-ring (bicyclic) bond motifs is 1. The number of aliphatic carboxylic acids is 3. The molecule has 0 fully saturated rings. The molecule has 0 spiro atoms. The maximum Gasteiger partial charge on any atom is 0.308 e. The first-order chi connectivity index (χ1) is 18.7. The number of benzene rings is 2. The standard InChI is InChI=1S/C27H26O13/c1-12(28)37-18-8-21(38-13(2)29)20-10-23(39-14(3)30)27(40-22(20)9-18)17-4-15(6-24(31)32)19(11-26(35)36)16(5-17)7-25(33)34/h4-5,8-9,23,27H,6-7,10-11H2,1-3H3,(H,31,32)(H,33,34)(H,35,36)/t23-,27-/m1/s1. The van der Waals surface area contributed by atoms with Crippen LogP contribution < -0.4 is 14.2 Å². The fraction of sp³-hybridized carbons (Fsp3) is 0.333. The highest BCUT2D eigenvalue weighted by Gasteiger charge is 2.37. The third-order valence-corrected chi connectivity index (χ3v) is 5.77. The van der Waals surface area contributed by atoms with Crippen LogP contribution in [0.3, 0.4) is 0 Å². The van der Waals surface area contributed by atoms with E-state index >= 15 is 0 Å². The van der Waals surface area contributed by atoms with Crippen molar-refractivity contribution >= 4 is 35.8 Å². The largest absolute Gasteiger partial charge is 0.481 e. The topological polar surface area (TPSA) is 200 Å². The van der Waals surface area contributed by atoms with E-state index in [1.165, 1.54) is 24.3 Å². The fourth-order valence-electron chi connectivity index (χ4n) is 4.50. The summed E-state index contributed by atoms with van der Waals surface area (Å²) in [6.45, 7) is 3.48. The lowest BCUT2D eigenvalue weighted by molar-refractivity contribution is -0.152. The molecule has 13 nitrogen and oxygen atoms in total. The number of rotatable bonds is 10. The Balaban J connectivity index is 2.23. The first kappa shape index (κ1) is 29.6. The van der Waals surface area contributed by atoms with E-state index in [0.29, 0.717) is 5.56 Å². The van der Waals surface area contributed by atoms with Crippen LogP contribution in [0.25, 0.3) is 0 Å². The number of hydrogen-bond acceptors (Lipinski definition) is 10. The molecule has 3 N–H and O–H groups in total. The van der Waals surface area contributed by atoms with Crippen molar-refractivity contribution in [1.29, 1.82) is 0 Å². The molecule has 13 heteroatoms. The lowest BCUT2D eigenvalue weighted by Crippen LogP contribution is -2.35. The highest BCUT2D eigenvalue weighted by atomic mass is 16.6. The molecule has 0 saturated heterocycles. The smallest absolute Gasteiger partial charge is 0.308 e. The number of hydrogen-bond donors (Lipinski definition) is 3. The van der Waals surface area contributed by atoms with Crippen LogP contribution in [-0.2, 0) is 59.2 Å². The Hall–Kier alpha value is -4.94. The zero-order chi connectivity index (χ0) is 29.7. The SMILES string of the molecule is CC(=O)Oc1cc(OC(C)=O)c2c(c1)O[C@H](c1cc(CC(=O)O)c(CC(=O)O)c(CC(=O)O)c1)[C@H](OC(C)=O)C2. The van der Waals surface area contributed by atoms with E-state index in [1.807, 2.05) is 0 Å². The van der Waals surface area contributed by atoms with Crippen molar-refractivity contribution in [2.45, 2.75) is 58.7 Å². The van der Waals surface area contributed by atoms with Crippen LogP contribution in [0, 0.1) is 0 Å². The van der Waals surface area contributed by atoms with Gasteiger partial charge in [0.25, 0.3) is 0 Å². The molecule has 0 unspecified atom stereocenters. The Morgan fingerprint density at radius 2 is 1.32 bits per heavy atom. The summed E-state index contributed by atoms with van der Waals surface area (Å²) in [5, 5.41) is 28.3. The average molecular weight is 558 g/mol. The van der Waals surface area contributed by atoms with Gasteiger partial charge in [0, 0.05) is 44.9 Å². The zero-order valence-corrected chi connectivity index (χ0v) is 21.7. The van der Waals surface area contributed by atoms with E-state index in [0.717, 1.165) is 20.8 Å². The van der Waals surface area contributed by atoms with Crippen LogP contribution in [0.1, 0.15) is 54.7 Å². The number of carboxylic acid groups (broad SMARTS) is 3. The summed E-state index contributed by atoms with van der Waals surface area (Å²) in [5.41, 5.74) is 0.663. The molecule has 40 heavy (non-hydrogen) atoms. The van der Waals surface area contributed by atoms with Crippen LogP contribution in [-0.4, -0.2) is 57.2 Å². The van der Waals surface area contributed by atoms with Gasteiger partial charge in [-0.25, -0.2) is 0 Å². The molecule has 3 rings (SSSR count). The Labute approximate surface area is 227 Å². The quantitative estimate of drug-likeness (QED) is 0.283. The van der Waals surface area contributed by atoms with Crippen molar-refractivity contribution in [3.05, 3.63) is 52.1 Å². The predicted molar refractivity (Wildman–Crippen MR) is 132 cm³/mol. The average Bonchev–Trinajstić information content (AvgIpc) is 2.79. The summed E-state index contributed by atoms with van der Waals surface area (Å²) >= 11 is 0. The minimum atomic E-state index is -1.29. The zero-order valence-electron chi connectivity index (χ0n) is 21.7. The van der Waals surface area contributed by atoms with E-state index in [1.54, 1.807) is 0 Å². The van der Waals surface area contributed by atoms with Gasteiger partial charge >= 0.3 is 35.8 Å². The molecule has 1 aliphatic rings. The Morgan fingerprint density at radius 1 is 0.775 bits per heavy atom. The maximum absolute atomic E-state index is 12.0. The van der Waals surface area contributed by atoms with Gasteiger partial charge in [0.15, 0.2) is 6.10 Å². The summed E-state index contributed by atoms with van der Waals surface area (Å²) < 4.78 is 22.0. The van der Waals surface area contributed by atoms with Gasteiger partial charge < -0.3 is 34.3 Å². The Kier molecular flexibility index (Phi) is 9.09. The molecular formula is C27H26O13. The summed E-state index contributed by atoms with van der Waals surface area (Å²) in [4.78, 5) is 70.0. The summed E-state index contributed by atoms with van der Waals surface area (Å²) in [6.07, 6.45) is -4.09. The second kappa shape index (κ2) is 12.3. The summed E-state index contributed by atoms with van der Waals surface area (Å²) in [7, 11) is 0. The van der Waals surface area contributed by atoms with Crippen LogP contribution in [0.4, 0.5) is 0 Å². The number of esters is 3. The fourth-order valence-corrected chi connectivity index (χ4v) is 4.50. The van der Waals surface area contributed by atoms with Crippen molar-refractivity contribution < 1.29 is 63.0 Å². The van der Waals surface area contributed by atoms with Crippen molar-refractivity contribution in [1.82, 2.24) is 0 Å². The normalized spacial score (nSPS) is 15.7. The molecule has 2 aromatic carbocycles. The summed E-state index contributed by atoms with van der Waals surface area (Å²) in [6, 6.07) is 5.39. The summed E-state index contributed by atoms with van der Waals surface area (Å²) in [5.74, 6) is -5.81. The number of carboxylic acids is 3. The minimum absolute atomic E-state index is 0.00760. The molecular weight excluding hydrogens is 532 g/mol. The molecule has 0 amide bonds. The highest BCUT2D eigenvalue weighted by molar-refractivity contribution is 5.78. The van der Waals surface area contributed by atoms with Crippen molar-refractivity contribution in [2.75, 3.05) is 0 Å². The molecule has 0 bridgehead atoms. The molecule has 0 saturated carbocycles. The third kappa shape index (κ3) is 7.56. The molecule has 212 valence electrons. The van der Waals surface area contributed by atoms with E-state index < -0.39 is 67.3 Å². The van der Waals surface area contributed by atoms with Gasteiger partial charge in [-0.05, 0) is 22.3 Å². The molecule has 0 radical (unpaired) electrons. The van der Waals surface area contributed by atoms with Crippen molar-refractivity contribution in [3.63, 3.8) is 0 Å². The van der Waals surface area contributed by atoms with Gasteiger partial charge in [-0.15, -0.1) is 0 Å². The lowest BCUT2D eigenvalue weighted by Gasteiger charge is -2.34. The molecule has 2 atom stereocenters. The van der Waals surface area contributed by atoms with E-state index in [9.17, 15) is 44.1 Å². The number of carbonyl (C=O) groups is 6. The van der Waals surface area contributed by atoms with Gasteiger partial charge in [-0.1, -0.05) is 12.1 Å². The third-order valence-electron chi connectivity index (χ3n) is 5.77. The van der Waals surface area contributed by atoms with Gasteiger partial charge in [0.2, 0.25) is 0 Å². The van der Waals surface area contributed by atoms with Crippen molar-refractivity contribution in [3.8, 4) is 17.2 Å². The molecule has 0 aliphatic carbocycles. The van der Waals surface area contributed by atoms with Gasteiger partial charge in [0.05, 0.1) is 19.3 Å². The van der Waals surface area contributed by atoms with E-state index in [-0.39, 0.29) is 45.9 Å².